The molecule has 2 aromatic heterocycles. The second-order valence-electron chi connectivity index (χ2n) is 3.80. The summed E-state index contributed by atoms with van der Waals surface area (Å²) in [5, 5.41) is 0. The molecule has 3 aromatic rings. The third-order valence-corrected chi connectivity index (χ3v) is 3.48. The molecule has 0 amide bonds. The molecule has 0 aliphatic carbocycles. The Morgan fingerprint density at radius 1 is 1.00 bits per heavy atom. The number of alkyl halides is 2. The van der Waals surface area contributed by atoms with Crippen LogP contribution >= 0.6 is 11.3 Å². The minimum absolute atomic E-state index is 0.203. The lowest BCUT2D eigenvalue weighted by molar-refractivity contribution is 0.146. The minimum atomic E-state index is -2.55. The molecule has 3 rings (SSSR count). The lowest BCUT2D eigenvalue weighted by Gasteiger charge is -2.04. The average molecular weight is 262 g/mol. The summed E-state index contributed by atoms with van der Waals surface area (Å²) in [5.74, 6) is 0. The number of aromatic nitrogens is 2. The summed E-state index contributed by atoms with van der Waals surface area (Å²) in [4.78, 5) is 7.87. The Hall–Kier alpha value is -1.88. The summed E-state index contributed by atoms with van der Waals surface area (Å²) >= 11 is 1.56. The Balaban J connectivity index is 2.10. The highest BCUT2D eigenvalue weighted by Gasteiger charge is 2.10. The number of nitrogens with zero attached hydrogens (tertiary/aromatic N) is 2. The maximum absolute atomic E-state index is 12.6. The summed E-state index contributed by atoms with van der Waals surface area (Å²) in [6.07, 6.45) is -1.14. The normalized spacial score (nSPS) is 11.3. The van der Waals surface area contributed by atoms with Crippen LogP contribution in [0.4, 0.5) is 8.78 Å². The van der Waals surface area contributed by atoms with Crippen molar-refractivity contribution in [2.45, 2.75) is 6.43 Å². The van der Waals surface area contributed by atoms with Crippen molar-refractivity contribution < 1.29 is 8.78 Å². The van der Waals surface area contributed by atoms with E-state index in [1.165, 1.54) is 12.3 Å². The van der Waals surface area contributed by atoms with Crippen molar-refractivity contribution in [2.24, 2.45) is 0 Å². The van der Waals surface area contributed by atoms with Crippen molar-refractivity contribution >= 4 is 21.6 Å². The number of thiazole rings is 1. The first-order chi connectivity index (χ1) is 8.74. The van der Waals surface area contributed by atoms with E-state index >= 15 is 0 Å². The van der Waals surface area contributed by atoms with Gasteiger partial charge in [0.05, 0.1) is 15.7 Å². The highest BCUT2D eigenvalue weighted by atomic mass is 32.1. The Bertz CT molecular complexity index is 694. The molecule has 0 unspecified atom stereocenters. The predicted octanol–water partition coefficient (Wildman–Crippen LogP) is 4.30. The minimum Gasteiger partial charge on any atom is -0.255 e. The molecule has 0 saturated heterocycles. The fourth-order valence-corrected chi connectivity index (χ4v) is 2.44. The Morgan fingerprint density at radius 3 is 2.67 bits per heavy atom. The van der Waals surface area contributed by atoms with Crippen LogP contribution in [0.25, 0.3) is 21.3 Å². The second-order valence-corrected chi connectivity index (χ2v) is 4.69. The number of benzene rings is 1. The van der Waals surface area contributed by atoms with Gasteiger partial charge in [0.25, 0.3) is 6.43 Å². The van der Waals surface area contributed by atoms with E-state index in [1.807, 2.05) is 18.2 Å². The molecule has 0 aliphatic rings. The summed E-state index contributed by atoms with van der Waals surface area (Å²) in [6.45, 7) is 0. The van der Waals surface area contributed by atoms with Gasteiger partial charge in [0.15, 0.2) is 0 Å². The van der Waals surface area contributed by atoms with Gasteiger partial charge in [-0.1, -0.05) is 6.07 Å². The smallest absolute Gasteiger partial charge is 0.255 e. The van der Waals surface area contributed by atoms with Gasteiger partial charge in [0, 0.05) is 6.20 Å². The molecule has 0 aliphatic heterocycles. The lowest BCUT2D eigenvalue weighted by atomic mass is 10.1. The number of hydrogen-bond donors (Lipinski definition) is 0. The van der Waals surface area contributed by atoms with Gasteiger partial charge in [-0.2, -0.15) is 0 Å². The van der Waals surface area contributed by atoms with Crippen molar-refractivity contribution in [3.63, 3.8) is 0 Å². The molecular formula is C13H8F2N2S. The Kier molecular flexibility index (Phi) is 2.76. The molecule has 90 valence electrons. The number of halogens is 2. The molecule has 2 heterocycles. The molecule has 2 nitrogen and oxygen atoms in total. The molecule has 18 heavy (non-hydrogen) atoms. The van der Waals surface area contributed by atoms with Gasteiger partial charge >= 0.3 is 0 Å². The molecule has 5 heteroatoms. The van der Waals surface area contributed by atoms with E-state index in [2.05, 4.69) is 9.97 Å². The van der Waals surface area contributed by atoms with E-state index in [0.717, 1.165) is 21.3 Å². The van der Waals surface area contributed by atoms with E-state index in [4.69, 9.17) is 0 Å². The van der Waals surface area contributed by atoms with Gasteiger partial charge in [0.1, 0.15) is 5.69 Å². The number of hydrogen-bond acceptors (Lipinski definition) is 3. The van der Waals surface area contributed by atoms with E-state index in [9.17, 15) is 8.78 Å². The van der Waals surface area contributed by atoms with E-state index in [1.54, 1.807) is 22.9 Å². The van der Waals surface area contributed by atoms with Gasteiger partial charge in [0.2, 0.25) is 0 Å². The number of pyridine rings is 1. The SMILES string of the molecule is FC(F)c1cc(-c2ccc3scnc3c2)ccn1. The van der Waals surface area contributed by atoms with Crippen LogP contribution in [0.1, 0.15) is 12.1 Å². The van der Waals surface area contributed by atoms with Crippen molar-refractivity contribution in [1.29, 1.82) is 0 Å². The average Bonchev–Trinajstić information content (AvgIpc) is 2.86. The summed E-state index contributed by atoms with van der Waals surface area (Å²) in [6, 6.07) is 8.89. The topological polar surface area (TPSA) is 25.8 Å². The summed E-state index contributed by atoms with van der Waals surface area (Å²) in [7, 11) is 0. The van der Waals surface area contributed by atoms with Crippen LogP contribution < -0.4 is 0 Å². The number of rotatable bonds is 2. The standard InChI is InChI=1S/C13H8F2N2S/c14-13(15)11-6-9(3-4-16-11)8-1-2-12-10(5-8)17-7-18-12/h1-7,13H. The van der Waals surface area contributed by atoms with Crippen LogP contribution in [0, 0.1) is 0 Å². The predicted molar refractivity (Wildman–Crippen MR) is 67.8 cm³/mol. The van der Waals surface area contributed by atoms with Crippen LogP contribution in [-0.4, -0.2) is 9.97 Å². The van der Waals surface area contributed by atoms with Crippen LogP contribution in [0.3, 0.4) is 0 Å². The van der Waals surface area contributed by atoms with Gasteiger partial charge in [-0.15, -0.1) is 11.3 Å². The van der Waals surface area contributed by atoms with Crippen molar-refractivity contribution in [1.82, 2.24) is 9.97 Å². The molecule has 0 spiro atoms. The third-order valence-electron chi connectivity index (χ3n) is 2.67. The van der Waals surface area contributed by atoms with Crippen molar-refractivity contribution in [2.75, 3.05) is 0 Å². The zero-order valence-electron chi connectivity index (χ0n) is 9.18. The molecule has 0 fully saturated rings. The van der Waals surface area contributed by atoms with Crippen molar-refractivity contribution in [3.05, 3.63) is 47.7 Å². The fourth-order valence-electron chi connectivity index (χ4n) is 1.78. The molecule has 0 radical (unpaired) electrons. The molecule has 0 N–H and O–H groups in total. The van der Waals surface area contributed by atoms with E-state index in [0.29, 0.717) is 0 Å². The first-order valence-corrected chi connectivity index (χ1v) is 6.20. The third kappa shape index (κ3) is 1.97. The van der Waals surface area contributed by atoms with Crippen LogP contribution in [0.15, 0.2) is 42.0 Å². The maximum atomic E-state index is 12.6. The highest BCUT2D eigenvalue weighted by Crippen LogP contribution is 2.27. The maximum Gasteiger partial charge on any atom is 0.280 e. The van der Waals surface area contributed by atoms with Gasteiger partial charge in [-0.25, -0.2) is 13.8 Å². The van der Waals surface area contributed by atoms with Gasteiger partial charge in [-0.05, 0) is 35.4 Å². The Labute approximate surface area is 106 Å². The molecular weight excluding hydrogens is 254 g/mol. The first kappa shape index (κ1) is 11.2. The summed E-state index contributed by atoms with van der Waals surface area (Å²) < 4.78 is 26.3. The fraction of sp³-hybridized carbons (Fsp3) is 0.0769. The van der Waals surface area contributed by atoms with E-state index < -0.39 is 6.43 Å². The van der Waals surface area contributed by atoms with Gasteiger partial charge in [-0.3, -0.25) is 4.98 Å². The Morgan fingerprint density at radius 2 is 1.83 bits per heavy atom. The van der Waals surface area contributed by atoms with Crippen LogP contribution in [0.5, 0.6) is 0 Å². The van der Waals surface area contributed by atoms with Gasteiger partial charge < -0.3 is 0 Å². The first-order valence-electron chi connectivity index (χ1n) is 5.32. The van der Waals surface area contributed by atoms with Crippen molar-refractivity contribution in [3.8, 4) is 11.1 Å². The zero-order chi connectivity index (χ0) is 12.5. The molecule has 1 aromatic carbocycles. The zero-order valence-corrected chi connectivity index (χ0v) is 9.99. The van der Waals surface area contributed by atoms with Crippen LogP contribution in [-0.2, 0) is 0 Å². The molecule has 0 bridgehead atoms. The quantitative estimate of drug-likeness (QED) is 0.688. The monoisotopic (exact) mass is 262 g/mol. The lowest BCUT2D eigenvalue weighted by Crippen LogP contribution is -1.90. The molecule has 0 atom stereocenters. The summed E-state index contributed by atoms with van der Waals surface area (Å²) in [5.41, 5.74) is 4.05. The highest BCUT2D eigenvalue weighted by molar-refractivity contribution is 7.16. The molecule has 0 saturated carbocycles. The second kappa shape index (κ2) is 4.42. The largest absolute Gasteiger partial charge is 0.280 e. The van der Waals surface area contributed by atoms with Crippen LogP contribution in [0.2, 0.25) is 0 Å². The van der Waals surface area contributed by atoms with E-state index in [-0.39, 0.29) is 5.69 Å². The number of fused-ring (bicyclic) bond motifs is 1.